The van der Waals surface area contributed by atoms with E-state index in [0.717, 1.165) is 56.0 Å². The number of aryl methyl sites for hydroxylation is 2. The van der Waals surface area contributed by atoms with E-state index in [1.165, 1.54) is 5.56 Å². The molecule has 0 saturated heterocycles. The number of nitrogens with one attached hydrogen (secondary N) is 1. The van der Waals surface area contributed by atoms with Crippen LogP contribution >= 0.6 is 0 Å². The summed E-state index contributed by atoms with van der Waals surface area (Å²) >= 11 is 0. The molecule has 0 unspecified atom stereocenters. The van der Waals surface area contributed by atoms with E-state index in [4.69, 9.17) is 5.11 Å². The Labute approximate surface area is 209 Å². The van der Waals surface area contributed by atoms with Crippen LogP contribution in [0.25, 0.3) is 0 Å². The summed E-state index contributed by atoms with van der Waals surface area (Å²) < 4.78 is 42.8. The minimum Gasteiger partial charge on any atom is -0.481 e. The molecule has 0 aliphatic rings. The number of aliphatic carboxylic acids is 1. The number of nitrogens with zero attached hydrogens (tertiary/aromatic N) is 1. The monoisotopic (exact) mass is 500 g/mol. The molecule has 0 aliphatic heterocycles. The lowest BCUT2D eigenvalue weighted by molar-refractivity contribution is -0.137. The number of halogens is 3. The van der Waals surface area contributed by atoms with Gasteiger partial charge in [0.25, 0.3) is 5.91 Å². The van der Waals surface area contributed by atoms with E-state index in [-0.39, 0.29) is 17.3 Å². The maximum Gasteiger partial charge on any atom is 0.418 e. The first-order valence-corrected chi connectivity index (χ1v) is 12.1. The van der Waals surface area contributed by atoms with Crippen LogP contribution in [0.2, 0.25) is 0 Å². The Morgan fingerprint density at radius 1 is 1.00 bits per heavy atom. The largest absolute Gasteiger partial charge is 0.481 e. The van der Waals surface area contributed by atoms with Crippen LogP contribution in [-0.2, 0) is 30.2 Å². The minimum absolute atomic E-state index is 0.0158. The fourth-order valence-electron chi connectivity index (χ4n) is 4.48. The first-order chi connectivity index (χ1) is 17.1. The number of carbonyl (C=O) groups is 2. The van der Waals surface area contributed by atoms with Crippen LogP contribution in [0.3, 0.4) is 0 Å². The van der Waals surface area contributed by atoms with Crippen molar-refractivity contribution in [3.05, 3.63) is 88.7 Å². The SMILES string of the molecule is CCC[C@H](C)n1c(CCCc2ccccc2)ccc1C(=O)Nc1cc(CC(=O)O)ccc1C(F)(F)F. The molecule has 0 bridgehead atoms. The quantitative estimate of drug-likeness (QED) is 0.300. The number of hydrogen-bond acceptors (Lipinski definition) is 2. The second kappa shape index (κ2) is 11.9. The average Bonchev–Trinajstić information content (AvgIpc) is 3.23. The Morgan fingerprint density at radius 2 is 1.72 bits per heavy atom. The van der Waals surface area contributed by atoms with E-state index in [9.17, 15) is 22.8 Å². The Kier molecular flexibility index (Phi) is 8.96. The van der Waals surface area contributed by atoms with Crippen molar-refractivity contribution in [1.82, 2.24) is 4.57 Å². The Balaban J connectivity index is 1.88. The molecule has 3 aromatic rings. The summed E-state index contributed by atoms with van der Waals surface area (Å²) in [5.74, 6) is -1.83. The van der Waals surface area contributed by atoms with Gasteiger partial charge in [0.15, 0.2) is 0 Å². The molecular weight excluding hydrogens is 469 g/mol. The number of amides is 1. The third-order valence-electron chi connectivity index (χ3n) is 6.12. The second-order valence-corrected chi connectivity index (χ2v) is 8.96. The van der Waals surface area contributed by atoms with Gasteiger partial charge in [-0.15, -0.1) is 0 Å². The van der Waals surface area contributed by atoms with Crippen molar-refractivity contribution in [2.45, 2.75) is 64.6 Å². The van der Waals surface area contributed by atoms with Crippen molar-refractivity contribution in [1.29, 1.82) is 0 Å². The maximum atomic E-state index is 13.6. The minimum atomic E-state index is -4.70. The topological polar surface area (TPSA) is 71.3 Å². The number of aromatic nitrogens is 1. The summed E-state index contributed by atoms with van der Waals surface area (Å²) in [6.07, 6.45) is -0.995. The predicted octanol–water partition coefficient (Wildman–Crippen LogP) is 6.92. The molecule has 0 fully saturated rings. The number of hydrogen-bond donors (Lipinski definition) is 2. The van der Waals surface area contributed by atoms with Gasteiger partial charge in [-0.05, 0) is 68.0 Å². The van der Waals surface area contributed by atoms with Gasteiger partial charge >= 0.3 is 12.1 Å². The molecule has 1 atom stereocenters. The van der Waals surface area contributed by atoms with E-state index >= 15 is 0 Å². The van der Waals surface area contributed by atoms with Crippen LogP contribution in [0.5, 0.6) is 0 Å². The molecule has 3 rings (SSSR count). The summed E-state index contributed by atoms with van der Waals surface area (Å²) in [6.45, 7) is 4.04. The molecule has 0 spiro atoms. The highest BCUT2D eigenvalue weighted by atomic mass is 19.4. The van der Waals surface area contributed by atoms with Crippen LogP contribution in [0.4, 0.5) is 18.9 Å². The number of carboxylic acids is 1. The van der Waals surface area contributed by atoms with Gasteiger partial charge in [-0.3, -0.25) is 9.59 Å². The standard InChI is InChI=1S/C28H31F3N2O3/c1-3-8-19(2)33-22(12-7-11-20-9-5-4-6-10-20)14-16-25(33)27(36)32-24-17-21(18-26(34)35)13-15-23(24)28(29,30)31/h4-6,9-10,13-17,19H,3,7-8,11-12,18H2,1-2H3,(H,32,36)(H,34,35)/t19-/m0/s1. The molecule has 192 valence electrons. The van der Waals surface area contributed by atoms with Crippen molar-refractivity contribution < 1.29 is 27.9 Å². The molecule has 2 N–H and O–H groups in total. The molecule has 1 heterocycles. The van der Waals surface area contributed by atoms with Crippen LogP contribution in [0.15, 0.2) is 60.7 Å². The highest BCUT2D eigenvalue weighted by molar-refractivity contribution is 6.04. The molecule has 0 saturated carbocycles. The molecule has 1 amide bonds. The number of rotatable bonds is 11. The smallest absolute Gasteiger partial charge is 0.418 e. The van der Waals surface area contributed by atoms with Crippen molar-refractivity contribution in [2.75, 3.05) is 5.32 Å². The fraction of sp³-hybridized carbons (Fsp3) is 0.357. The molecular formula is C28H31F3N2O3. The number of carbonyl (C=O) groups excluding carboxylic acids is 1. The summed E-state index contributed by atoms with van der Waals surface area (Å²) in [5, 5.41) is 11.4. The van der Waals surface area contributed by atoms with Gasteiger partial charge in [-0.1, -0.05) is 49.7 Å². The van der Waals surface area contributed by atoms with Crippen molar-refractivity contribution in [3.63, 3.8) is 0 Å². The first kappa shape index (κ1) is 27.0. The molecule has 0 radical (unpaired) electrons. The molecule has 8 heteroatoms. The third kappa shape index (κ3) is 6.99. The number of alkyl halides is 3. The van der Waals surface area contributed by atoms with Crippen LogP contribution in [0.1, 0.15) is 72.0 Å². The fourth-order valence-corrected chi connectivity index (χ4v) is 4.48. The van der Waals surface area contributed by atoms with Gasteiger partial charge in [-0.25, -0.2) is 0 Å². The van der Waals surface area contributed by atoms with Crippen molar-refractivity contribution in [3.8, 4) is 0 Å². The maximum absolute atomic E-state index is 13.6. The van der Waals surface area contributed by atoms with Crippen LogP contribution in [-0.4, -0.2) is 21.6 Å². The van der Waals surface area contributed by atoms with E-state index in [1.807, 2.05) is 42.7 Å². The van der Waals surface area contributed by atoms with Crippen molar-refractivity contribution in [2.24, 2.45) is 0 Å². The molecule has 1 aromatic heterocycles. The van der Waals surface area contributed by atoms with Crippen molar-refractivity contribution >= 4 is 17.6 Å². The van der Waals surface area contributed by atoms with Gasteiger partial charge in [0.2, 0.25) is 0 Å². The van der Waals surface area contributed by atoms with Gasteiger partial charge in [0, 0.05) is 11.7 Å². The van der Waals surface area contributed by atoms with E-state index in [1.54, 1.807) is 6.07 Å². The Hall–Kier alpha value is -3.55. The summed E-state index contributed by atoms with van der Waals surface area (Å²) in [6, 6.07) is 16.6. The highest BCUT2D eigenvalue weighted by Crippen LogP contribution is 2.36. The molecule has 5 nitrogen and oxygen atoms in total. The summed E-state index contributed by atoms with van der Waals surface area (Å²) in [5.41, 5.74) is 1.15. The summed E-state index contributed by atoms with van der Waals surface area (Å²) in [7, 11) is 0. The lowest BCUT2D eigenvalue weighted by Crippen LogP contribution is -2.22. The van der Waals surface area contributed by atoms with Gasteiger partial charge in [-0.2, -0.15) is 13.2 Å². The normalized spacial score (nSPS) is 12.4. The number of benzene rings is 2. The first-order valence-electron chi connectivity index (χ1n) is 12.1. The number of carboxylic acid groups (broad SMARTS) is 1. The zero-order valence-electron chi connectivity index (χ0n) is 20.4. The zero-order chi connectivity index (χ0) is 26.3. The van der Waals surface area contributed by atoms with E-state index in [0.29, 0.717) is 0 Å². The third-order valence-corrected chi connectivity index (χ3v) is 6.12. The highest BCUT2D eigenvalue weighted by Gasteiger charge is 2.34. The van der Waals surface area contributed by atoms with Crippen LogP contribution in [0, 0.1) is 0 Å². The zero-order valence-corrected chi connectivity index (χ0v) is 20.4. The van der Waals surface area contributed by atoms with Crippen LogP contribution < -0.4 is 5.32 Å². The van der Waals surface area contributed by atoms with Gasteiger partial charge in [0.05, 0.1) is 17.7 Å². The van der Waals surface area contributed by atoms with Gasteiger partial charge in [0.1, 0.15) is 5.69 Å². The molecule has 36 heavy (non-hydrogen) atoms. The molecule has 0 aliphatic carbocycles. The van der Waals surface area contributed by atoms with E-state index in [2.05, 4.69) is 17.4 Å². The van der Waals surface area contributed by atoms with E-state index < -0.39 is 35.7 Å². The van der Waals surface area contributed by atoms with Gasteiger partial charge < -0.3 is 15.0 Å². The second-order valence-electron chi connectivity index (χ2n) is 8.96. The predicted molar refractivity (Wildman–Crippen MR) is 133 cm³/mol. The lowest BCUT2D eigenvalue weighted by atomic mass is 10.1. The lowest BCUT2D eigenvalue weighted by Gasteiger charge is -2.21. The molecule has 2 aromatic carbocycles. The Bertz CT molecular complexity index is 1190. The Morgan fingerprint density at radius 3 is 2.36 bits per heavy atom. The number of anilines is 1. The average molecular weight is 501 g/mol. The summed E-state index contributed by atoms with van der Waals surface area (Å²) in [4.78, 5) is 24.3.